The summed E-state index contributed by atoms with van der Waals surface area (Å²) < 4.78 is 89.3. The summed E-state index contributed by atoms with van der Waals surface area (Å²) in [5.41, 5.74) is -2.19. The number of rotatable bonds is 7. The minimum absolute atomic E-state index is 0.0964. The molecule has 1 fully saturated rings. The molecule has 1 saturated heterocycles. The summed E-state index contributed by atoms with van der Waals surface area (Å²) in [7, 11) is 0. The summed E-state index contributed by atoms with van der Waals surface area (Å²) in [6.45, 7) is 4.66. The van der Waals surface area contributed by atoms with Crippen LogP contribution in [0.2, 0.25) is 0 Å². The molecule has 192 valence electrons. The number of hydrogen-bond donors (Lipinski definition) is 0. The van der Waals surface area contributed by atoms with Crippen LogP contribution < -0.4 is 4.74 Å². The van der Waals surface area contributed by atoms with Crippen LogP contribution in [0, 0.1) is 0 Å². The SMILES string of the molecule is CCOC(=O)N1CCN(CCc2ccccc2OCc2cc(C(F)(F)F)cc(C(F)(F)F)c2)CC1. The Hall–Kier alpha value is -2.95. The summed E-state index contributed by atoms with van der Waals surface area (Å²) in [6, 6.07) is 8.34. The molecule has 0 aliphatic carbocycles. The van der Waals surface area contributed by atoms with Crippen molar-refractivity contribution in [2.45, 2.75) is 32.3 Å². The standard InChI is InChI=1S/C24H26F6N2O3/c1-2-34-22(33)32-11-9-31(10-12-32)8-7-18-5-3-4-6-21(18)35-16-17-13-19(23(25,26)27)15-20(14-17)24(28,29)30/h3-6,13-15H,2,7-12,16H2,1H3. The van der Waals surface area contributed by atoms with Gasteiger partial charge in [-0.2, -0.15) is 26.3 Å². The largest absolute Gasteiger partial charge is 0.489 e. The van der Waals surface area contributed by atoms with Gasteiger partial charge < -0.3 is 14.4 Å². The van der Waals surface area contributed by atoms with Crippen LogP contribution in [-0.2, 0) is 30.1 Å². The number of carbonyl (C=O) groups excluding carboxylic acids is 1. The average Bonchev–Trinajstić information content (AvgIpc) is 2.81. The molecule has 5 nitrogen and oxygen atoms in total. The van der Waals surface area contributed by atoms with Crippen molar-refractivity contribution in [2.24, 2.45) is 0 Å². The molecule has 3 rings (SSSR count). The topological polar surface area (TPSA) is 42.0 Å². The Labute approximate surface area is 199 Å². The number of nitrogens with zero attached hydrogens (tertiary/aromatic N) is 2. The minimum Gasteiger partial charge on any atom is -0.489 e. The Bertz CT molecular complexity index is 969. The summed E-state index contributed by atoms with van der Waals surface area (Å²) in [5.74, 6) is 0.392. The third-order valence-corrected chi connectivity index (χ3v) is 5.61. The molecule has 0 atom stereocenters. The van der Waals surface area contributed by atoms with Crippen molar-refractivity contribution in [1.29, 1.82) is 0 Å². The average molecular weight is 504 g/mol. The Morgan fingerprint density at radius 2 is 1.51 bits per heavy atom. The molecule has 11 heteroatoms. The highest BCUT2D eigenvalue weighted by molar-refractivity contribution is 5.67. The first-order chi connectivity index (χ1) is 16.5. The van der Waals surface area contributed by atoms with Crippen molar-refractivity contribution in [3.8, 4) is 5.75 Å². The van der Waals surface area contributed by atoms with E-state index in [2.05, 4.69) is 4.90 Å². The van der Waals surface area contributed by atoms with E-state index in [1.807, 2.05) is 0 Å². The summed E-state index contributed by atoms with van der Waals surface area (Å²) in [5, 5.41) is 0. The van der Waals surface area contributed by atoms with Crippen molar-refractivity contribution in [3.63, 3.8) is 0 Å². The lowest BCUT2D eigenvalue weighted by atomic mass is 10.0. The zero-order valence-corrected chi connectivity index (χ0v) is 19.1. The van der Waals surface area contributed by atoms with Crippen LogP contribution in [0.5, 0.6) is 5.75 Å². The highest BCUT2D eigenvalue weighted by Gasteiger charge is 2.37. The lowest BCUT2D eigenvalue weighted by molar-refractivity contribution is -0.143. The number of benzene rings is 2. The molecule has 0 bridgehead atoms. The third-order valence-electron chi connectivity index (χ3n) is 5.61. The number of carbonyl (C=O) groups is 1. The van der Waals surface area contributed by atoms with E-state index in [9.17, 15) is 31.1 Å². The number of amides is 1. The normalized spacial score (nSPS) is 15.2. The van der Waals surface area contributed by atoms with Gasteiger partial charge in [0.2, 0.25) is 0 Å². The molecule has 2 aromatic rings. The number of para-hydroxylation sites is 1. The smallest absolute Gasteiger partial charge is 0.416 e. The Morgan fingerprint density at radius 1 is 0.914 bits per heavy atom. The van der Waals surface area contributed by atoms with Gasteiger partial charge in [-0.05, 0) is 48.7 Å². The molecule has 0 N–H and O–H groups in total. The Morgan fingerprint density at radius 3 is 2.09 bits per heavy atom. The second kappa shape index (κ2) is 11.2. The molecule has 1 aliphatic heterocycles. The van der Waals surface area contributed by atoms with Gasteiger partial charge in [0.05, 0.1) is 17.7 Å². The van der Waals surface area contributed by atoms with Crippen LogP contribution in [-0.4, -0.2) is 55.2 Å². The summed E-state index contributed by atoms with van der Waals surface area (Å²) in [6.07, 6.45) is -9.60. The van der Waals surface area contributed by atoms with Gasteiger partial charge in [-0.3, -0.25) is 4.90 Å². The highest BCUT2D eigenvalue weighted by Crippen LogP contribution is 2.36. The fourth-order valence-electron chi connectivity index (χ4n) is 3.76. The van der Waals surface area contributed by atoms with Gasteiger partial charge in [0.15, 0.2) is 0 Å². The van der Waals surface area contributed by atoms with E-state index in [1.54, 1.807) is 36.1 Å². The van der Waals surface area contributed by atoms with Gasteiger partial charge >= 0.3 is 18.4 Å². The lowest BCUT2D eigenvalue weighted by Crippen LogP contribution is -2.49. The van der Waals surface area contributed by atoms with Gasteiger partial charge in [-0.15, -0.1) is 0 Å². The van der Waals surface area contributed by atoms with Crippen LogP contribution >= 0.6 is 0 Å². The van der Waals surface area contributed by atoms with Crippen molar-refractivity contribution in [2.75, 3.05) is 39.3 Å². The number of ether oxygens (including phenoxy) is 2. The summed E-state index contributed by atoms with van der Waals surface area (Å²) in [4.78, 5) is 15.6. The number of alkyl halides is 6. The van der Waals surface area contributed by atoms with Crippen molar-refractivity contribution < 1.29 is 40.6 Å². The zero-order chi connectivity index (χ0) is 25.6. The van der Waals surface area contributed by atoms with E-state index in [-0.39, 0.29) is 17.7 Å². The van der Waals surface area contributed by atoms with Crippen LogP contribution in [0.4, 0.5) is 31.1 Å². The second-order valence-electron chi connectivity index (χ2n) is 8.09. The number of halogens is 6. The maximum atomic E-state index is 13.1. The van der Waals surface area contributed by atoms with E-state index in [0.29, 0.717) is 63.6 Å². The zero-order valence-electron chi connectivity index (χ0n) is 19.1. The third kappa shape index (κ3) is 7.51. The molecule has 1 aliphatic rings. The maximum absolute atomic E-state index is 13.1. The molecule has 35 heavy (non-hydrogen) atoms. The van der Waals surface area contributed by atoms with E-state index < -0.39 is 30.1 Å². The van der Waals surface area contributed by atoms with E-state index in [4.69, 9.17) is 9.47 Å². The van der Waals surface area contributed by atoms with Gasteiger partial charge in [-0.1, -0.05) is 18.2 Å². The number of piperazine rings is 1. The van der Waals surface area contributed by atoms with Crippen molar-refractivity contribution in [1.82, 2.24) is 9.80 Å². The first-order valence-corrected chi connectivity index (χ1v) is 11.1. The number of hydrogen-bond acceptors (Lipinski definition) is 4. The van der Waals surface area contributed by atoms with Gasteiger partial charge in [0.25, 0.3) is 0 Å². The van der Waals surface area contributed by atoms with Gasteiger partial charge in [-0.25, -0.2) is 4.79 Å². The molecular formula is C24H26F6N2O3. The maximum Gasteiger partial charge on any atom is 0.416 e. The van der Waals surface area contributed by atoms with E-state index in [0.717, 1.165) is 5.56 Å². The highest BCUT2D eigenvalue weighted by atomic mass is 19.4. The predicted octanol–water partition coefficient (Wildman–Crippen LogP) is 5.62. The molecular weight excluding hydrogens is 478 g/mol. The molecule has 1 heterocycles. The van der Waals surface area contributed by atoms with Crippen LogP contribution in [0.3, 0.4) is 0 Å². The fraction of sp³-hybridized carbons (Fsp3) is 0.458. The van der Waals surface area contributed by atoms with Crippen LogP contribution in [0.1, 0.15) is 29.2 Å². The molecule has 0 aromatic heterocycles. The van der Waals surface area contributed by atoms with Gasteiger partial charge in [0, 0.05) is 32.7 Å². The first kappa shape index (κ1) is 26.7. The van der Waals surface area contributed by atoms with Crippen LogP contribution in [0.25, 0.3) is 0 Å². The van der Waals surface area contributed by atoms with Crippen molar-refractivity contribution in [3.05, 3.63) is 64.7 Å². The van der Waals surface area contributed by atoms with E-state index in [1.165, 1.54) is 0 Å². The Balaban J connectivity index is 1.63. The quantitative estimate of drug-likeness (QED) is 0.459. The first-order valence-electron chi connectivity index (χ1n) is 11.1. The molecule has 0 saturated carbocycles. The van der Waals surface area contributed by atoms with Crippen LogP contribution in [0.15, 0.2) is 42.5 Å². The van der Waals surface area contributed by atoms with Crippen molar-refractivity contribution >= 4 is 6.09 Å². The Kier molecular flexibility index (Phi) is 8.52. The lowest BCUT2D eigenvalue weighted by Gasteiger charge is -2.34. The second-order valence-corrected chi connectivity index (χ2v) is 8.09. The molecule has 2 aromatic carbocycles. The molecule has 1 amide bonds. The monoisotopic (exact) mass is 504 g/mol. The minimum atomic E-state index is -4.91. The predicted molar refractivity (Wildman–Crippen MR) is 116 cm³/mol. The fourth-order valence-corrected chi connectivity index (χ4v) is 3.76. The van der Waals surface area contributed by atoms with E-state index >= 15 is 0 Å². The molecule has 0 unspecified atom stereocenters. The summed E-state index contributed by atoms with van der Waals surface area (Å²) >= 11 is 0. The molecule has 0 spiro atoms. The van der Waals surface area contributed by atoms with Gasteiger partial charge in [0.1, 0.15) is 12.4 Å². The molecule has 0 radical (unpaired) electrons.